The topological polar surface area (TPSA) is 74.7 Å². The summed E-state index contributed by atoms with van der Waals surface area (Å²) in [4.78, 5) is 34.9. The van der Waals surface area contributed by atoms with Gasteiger partial charge < -0.3 is 4.57 Å². The third-order valence-corrected chi connectivity index (χ3v) is 5.50. The number of para-hydroxylation sites is 2. The molecule has 148 valence electrons. The number of pyridine rings is 1. The van der Waals surface area contributed by atoms with Gasteiger partial charge in [-0.1, -0.05) is 42.5 Å². The van der Waals surface area contributed by atoms with Crippen LogP contribution < -0.4 is 11.2 Å². The lowest BCUT2D eigenvalue weighted by molar-refractivity contribution is 0.708. The van der Waals surface area contributed by atoms with E-state index < -0.39 is 5.69 Å². The molecular formula is C23H19N5O2. The summed E-state index contributed by atoms with van der Waals surface area (Å²) in [6.45, 7) is 0. The lowest BCUT2D eigenvalue weighted by atomic mass is 10.0. The third kappa shape index (κ3) is 2.52. The van der Waals surface area contributed by atoms with Crippen LogP contribution in [0, 0.1) is 0 Å². The number of hydrogen-bond acceptors (Lipinski definition) is 4. The molecule has 0 aliphatic rings. The molecule has 0 aliphatic heterocycles. The average molecular weight is 397 g/mol. The van der Waals surface area contributed by atoms with E-state index in [4.69, 9.17) is 9.97 Å². The predicted octanol–water partition coefficient (Wildman–Crippen LogP) is 2.85. The van der Waals surface area contributed by atoms with Gasteiger partial charge in [-0.2, -0.15) is 0 Å². The molecule has 5 rings (SSSR count). The molecule has 0 unspecified atom stereocenters. The first-order valence-corrected chi connectivity index (χ1v) is 9.55. The minimum atomic E-state index is -0.408. The van der Waals surface area contributed by atoms with Crippen molar-refractivity contribution >= 4 is 22.1 Å². The van der Waals surface area contributed by atoms with Gasteiger partial charge in [0.1, 0.15) is 11.5 Å². The summed E-state index contributed by atoms with van der Waals surface area (Å²) in [5, 5.41) is 0.376. The van der Waals surface area contributed by atoms with Crippen molar-refractivity contribution in [1.82, 2.24) is 23.7 Å². The van der Waals surface area contributed by atoms with Crippen molar-refractivity contribution in [2.45, 2.75) is 0 Å². The van der Waals surface area contributed by atoms with Crippen molar-refractivity contribution in [3.8, 4) is 22.6 Å². The largest absolute Gasteiger partial charge is 0.332 e. The van der Waals surface area contributed by atoms with Crippen molar-refractivity contribution in [2.24, 2.45) is 21.1 Å². The van der Waals surface area contributed by atoms with Gasteiger partial charge in [0.2, 0.25) is 0 Å². The quantitative estimate of drug-likeness (QED) is 0.459. The van der Waals surface area contributed by atoms with Gasteiger partial charge in [0.25, 0.3) is 5.56 Å². The Kier molecular flexibility index (Phi) is 3.92. The van der Waals surface area contributed by atoms with Crippen LogP contribution in [0.4, 0.5) is 0 Å². The van der Waals surface area contributed by atoms with Crippen LogP contribution >= 0.6 is 0 Å². The molecule has 2 aromatic carbocycles. The first kappa shape index (κ1) is 18.1. The van der Waals surface area contributed by atoms with Gasteiger partial charge in [0.15, 0.2) is 0 Å². The molecule has 0 aliphatic carbocycles. The highest BCUT2D eigenvalue weighted by Crippen LogP contribution is 2.33. The molecule has 3 heterocycles. The number of aryl methyl sites for hydroxylation is 2. The normalized spacial score (nSPS) is 11.4. The van der Waals surface area contributed by atoms with E-state index in [0.717, 1.165) is 26.7 Å². The third-order valence-electron chi connectivity index (χ3n) is 5.50. The highest BCUT2D eigenvalue weighted by atomic mass is 16.2. The first-order chi connectivity index (χ1) is 14.5. The Morgan fingerprint density at radius 3 is 2.20 bits per heavy atom. The minimum absolute atomic E-state index is 0.351. The number of rotatable bonds is 2. The van der Waals surface area contributed by atoms with Crippen LogP contribution in [-0.2, 0) is 21.1 Å². The fourth-order valence-corrected chi connectivity index (χ4v) is 3.87. The Balaban J connectivity index is 1.96. The van der Waals surface area contributed by atoms with Gasteiger partial charge in [-0.25, -0.2) is 14.8 Å². The van der Waals surface area contributed by atoms with E-state index in [2.05, 4.69) is 0 Å². The fourth-order valence-electron chi connectivity index (χ4n) is 3.87. The maximum absolute atomic E-state index is 12.9. The lowest BCUT2D eigenvalue weighted by Gasteiger charge is -2.13. The standard InChI is InChI=1S/C23H19N5O2/c1-26-18-12-8-7-11-17(18)24-20(26)15-13-16-21(27(2)23(30)28(3)22(16)29)25-19(15)14-9-5-4-6-10-14/h4-13H,1-3H3. The second kappa shape index (κ2) is 6.52. The Morgan fingerprint density at radius 1 is 0.767 bits per heavy atom. The lowest BCUT2D eigenvalue weighted by Crippen LogP contribution is -2.37. The molecule has 0 saturated carbocycles. The average Bonchev–Trinajstić information content (AvgIpc) is 3.12. The van der Waals surface area contributed by atoms with Crippen LogP contribution in [0.15, 0.2) is 70.3 Å². The van der Waals surface area contributed by atoms with Crippen molar-refractivity contribution in [3.63, 3.8) is 0 Å². The minimum Gasteiger partial charge on any atom is -0.327 e. The molecule has 5 aromatic rings. The monoisotopic (exact) mass is 397 g/mol. The Morgan fingerprint density at radius 2 is 1.47 bits per heavy atom. The molecule has 0 atom stereocenters. The van der Waals surface area contributed by atoms with Crippen molar-refractivity contribution in [2.75, 3.05) is 0 Å². The van der Waals surface area contributed by atoms with E-state index >= 15 is 0 Å². The van der Waals surface area contributed by atoms with Gasteiger partial charge in [0.05, 0.1) is 22.1 Å². The van der Waals surface area contributed by atoms with Gasteiger partial charge in [-0.05, 0) is 18.2 Å². The smallest absolute Gasteiger partial charge is 0.327 e. The molecule has 7 nitrogen and oxygen atoms in total. The summed E-state index contributed by atoms with van der Waals surface area (Å²) >= 11 is 0. The summed E-state index contributed by atoms with van der Waals surface area (Å²) in [5.41, 5.74) is 3.71. The zero-order chi connectivity index (χ0) is 21.0. The Bertz CT molecular complexity index is 1560. The summed E-state index contributed by atoms with van der Waals surface area (Å²) < 4.78 is 4.50. The van der Waals surface area contributed by atoms with Crippen LogP contribution in [0.5, 0.6) is 0 Å². The summed E-state index contributed by atoms with van der Waals surface area (Å²) in [5.74, 6) is 0.709. The SMILES string of the molecule is Cn1c(=O)c2cc(-c3nc4ccccc4n3C)c(-c3ccccc3)nc2n(C)c1=O. The molecule has 30 heavy (non-hydrogen) atoms. The molecule has 0 bridgehead atoms. The summed E-state index contributed by atoms with van der Waals surface area (Å²) in [6.07, 6.45) is 0. The maximum Gasteiger partial charge on any atom is 0.332 e. The van der Waals surface area contributed by atoms with E-state index in [1.165, 1.54) is 11.6 Å². The maximum atomic E-state index is 12.9. The molecule has 0 saturated heterocycles. The van der Waals surface area contributed by atoms with E-state index in [-0.39, 0.29) is 5.56 Å². The first-order valence-electron chi connectivity index (χ1n) is 9.55. The van der Waals surface area contributed by atoms with Gasteiger partial charge in [-0.3, -0.25) is 13.9 Å². The summed E-state index contributed by atoms with van der Waals surface area (Å²) in [7, 11) is 5.05. The number of hydrogen-bond donors (Lipinski definition) is 0. The van der Waals surface area contributed by atoms with E-state index in [9.17, 15) is 9.59 Å². The molecule has 0 amide bonds. The summed E-state index contributed by atoms with van der Waals surface area (Å²) in [6, 6.07) is 19.4. The van der Waals surface area contributed by atoms with E-state index in [1.54, 1.807) is 13.1 Å². The fraction of sp³-hybridized carbons (Fsp3) is 0.130. The van der Waals surface area contributed by atoms with Gasteiger partial charge >= 0.3 is 5.69 Å². The molecule has 3 aromatic heterocycles. The second-order valence-electron chi connectivity index (χ2n) is 7.31. The zero-order valence-electron chi connectivity index (χ0n) is 16.8. The van der Waals surface area contributed by atoms with Gasteiger partial charge in [0, 0.05) is 32.3 Å². The van der Waals surface area contributed by atoms with Crippen molar-refractivity contribution in [1.29, 1.82) is 0 Å². The van der Waals surface area contributed by atoms with Crippen LogP contribution in [0.3, 0.4) is 0 Å². The highest BCUT2D eigenvalue weighted by molar-refractivity contribution is 5.91. The van der Waals surface area contributed by atoms with Crippen LogP contribution in [0.2, 0.25) is 0 Å². The van der Waals surface area contributed by atoms with Crippen molar-refractivity contribution < 1.29 is 0 Å². The number of imidazole rings is 1. The van der Waals surface area contributed by atoms with Crippen LogP contribution in [-0.4, -0.2) is 23.7 Å². The molecule has 0 spiro atoms. The number of benzene rings is 2. The van der Waals surface area contributed by atoms with Crippen molar-refractivity contribution in [3.05, 3.63) is 81.5 Å². The van der Waals surface area contributed by atoms with E-state index in [1.807, 2.05) is 66.2 Å². The number of aromatic nitrogens is 5. The Labute approximate surface area is 171 Å². The van der Waals surface area contributed by atoms with Crippen LogP contribution in [0.25, 0.3) is 44.7 Å². The van der Waals surface area contributed by atoms with Gasteiger partial charge in [-0.15, -0.1) is 0 Å². The Hall–Kier alpha value is -4.00. The molecule has 0 N–H and O–H groups in total. The molecule has 0 radical (unpaired) electrons. The molecule has 0 fully saturated rings. The highest BCUT2D eigenvalue weighted by Gasteiger charge is 2.20. The zero-order valence-corrected chi connectivity index (χ0v) is 16.8. The molecule has 7 heteroatoms. The predicted molar refractivity (Wildman–Crippen MR) is 117 cm³/mol. The van der Waals surface area contributed by atoms with Crippen LogP contribution in [0.1, 0.15) is 0 Å². The number of fused-ring (bicyclic) bond motifs is 2. The van der Waals surface area contributed by atoms with E-state index in [0.29, 0.717) is 22.6 Å². The second-order valence-corrected chi connectivity index (χ2v) is 7.31. The molecular weight excluding hydrogens is 378 g/mol. The number of nitrogens with zero attached hydrogens (tertiary/aromatic N) is 5.